The molecular formula is C19H19FN2O2. The van der Waals surface area contributed by atoms with Crippen LogP contribution < -0.4 is 14.8 Å². The van der Waals surface area contributed by atoms with Gasteiger partial charge in [-0.1, -0.05) is 12.1 Å². The van der Waals surface area contributed by atoms with Gasteiger partial charge < -0.3 is 14.8 Å². The molecule has 1 N–H and O–H groups in total. The lowest BCUT2D eigenvalue weighted by molar-refractivity contribution is 0.161. The Labute approximate surface area is 140 Å². The zero-order valence-corrected chi connectivity index (χ0v) is 13.3. The Bertz CT molecular complexity index is 736. The van der Waals surface area contributed by atoms with E-state index in [1.54, 1.807) is 12.1 Å². The van der Waals surface area contributed by atoms with Crippen molar-refractivity contribution in [3.63, 3.8) is 0 Å². The number of rotatable bonds is 5. The molecule has 0 aromatic heterocycles. The van der Waals surface area contributed by atoms with Gasteiger partial charge in [-0.25, -0.2) is 4.39 Å². The number of nitrogens with zero attached hydrogens (tertiary/aromatic N) is 1. The Balaban J connectivity index is 1.61. The molecule has 1 fully saturated rings. The summed E-state index contributed by atoms with van der Waals surface area (Å²) in [6, 6.07) is 13.7. The van der Waals surface area contributed by atoms with Gasteiger partial charge in [0.2, 0.25) is 0 Å². The fourth-order valence-corrected chi connectivity index (χ4v) is 2.64. The van der Waals surface area contributed by atoms with Crippen LogP contribution in [-0.4, -0.2) is 19.2 Å². The number of benzene rings is 2. The van der Waals surface area contributed by atoms with Crippen molar-refractivity contribution in [1.29, 1.82) is 5.26 Å². The van der Waals surface area contributed by atoms with E-state index in [1.165, 1.54) is 6.07 Å². The maximum atomic E-state index is 13.9. The molecule has 5 heteroatoms. The van der Waals surface area contributed by atoms with E-state index in [-0.39, 0.29) is 12.7 Å². The molecular weight excluding hydrogens is 307 g/mol. The van der Waals surface area contributed by atoms with E-state index in [0.29, 0.717) is 16.9 Å². The summed E-state index contributed by atoms with van der Waals surface area (Å²) in [5, 5.41) is 12.1. The highest BCUT2D eigenvalue weighted by atomic mass is 19.1. The maximum Gasteiger partial charge on any atom is 0.131 e. The van der Waals surface area contributed by atoms with Crippen LogP contribution in [0.2, 0.25) is 0 Å². The monoisotopic (exact) mass is 326 g/mol. The Hall–Kier alpha value is -2.58. The summed E-state index contributed by atoms with van der Waals surface area (Å²) in [5.41, 5.74) is 0.715. The smallest absolute Gasteiger partial charge is 0.131 e. The molecule has 24 heavy (non-hydrogen) atoms. The lowest BCUT2D eigenvalue weighted by Gasteiger charge is -2.24. The third-order valence-corrected chi connectivity index (χ3v) is 3.97. The van der Waals surface area contributed by atoms with Crippen LogP contribution in [0.1, 0.15) is 24.0 Å². The Morgan fingerprint density at radius 2 is 1.92 bits per heavy atom. The zero-order chi connectivity index (χ0) is 16.8. The minimum absolute atomic E-state index is 0.105. The fourth-order valence-electron chi connectivity index (χ4n) is 2.64. The molecule has 0 aliphatic carbocycles. The molecule has 0 radical (unpaired) electrons. The molecule has 0 spiro atoms. The maximum absolute atomic E-state index is 13.9. The highest BCUT2D eigenvalue weighted by Gasteiger charge is 2.14. The van der Waals surface area contributed by atoms with Gasteiger partial charge in [0.25, 0.3) is 0 Å². The lowest BCUT2D eigenvalue weighted by Crippen LogP contribution is -2.34. The second kappa shape index (κ2) is 7.80. The van der Waals surface area contributed by atoms with E-state index in [0.717, 1.165) is 31.7 Å². The minimum Gasteiger partial charge on any atom is -0.490 e. The van der Waals surface area contributed by atoms with Crippen LogP contribution in [0, 0.1) is 17.1 Å². The van der Waals surface area contributed by atoms with E-state index in [1.807, 2.05) is 30.3 Å². The summed E-state index contributed by atoms with van der Waals surface area (Å²) in [7, 11) is 0. The van der Waals surface area contributed by atoms with Gasteiger partial charge in [0.15, 0.2) is 0 Å². The molecule has 0 amide bonds. The first-order valence-corrected chi connectivity index (χ1v) is 8.03. The molecule has 1 aliphatic heterocycles. The molecule has 0 atom stereocenters. The summed E-state index contributed by atoms with van der Waals surface area (Å²) in [6.07, 6.45) is 2.20. The van der Waals surface area contributed by atoms with Gasteiger partial charge in [0.1, 0.15) is 30.0 Å². The number of piperidine rings is 1. The Morgan fingerprint density at radius 1 is 1.12 bits per heavy atom. The van der Waals surface area contributed by atoms with Crippen LogP contribution in [0.5, 0.6) is 11.5 Å². The van der Waals surface area contributed by atoms with Crippen LogP contribution in [0.3, 0.4) is 0 Å². The van der Waals surface area contributed by atoms with Gasteiger partial charge in [0.05, 0.1) is 11.6 Å². The molecule has 0 bridgehead atoms. The van der Waals surface area contributed by atoms with Crippen molar-refractivity contribution in [3.8, 4) is 17.6 Å². The van der Waals surface area contributed by atoms with E-state index < -0.39 is 5.82 Å². The molecule has 1 heterocycles. The molecule has 4 nitrogen and oxygen atoms in total. The number of ether oxygens (including phenoxy) is 2. The zero-order valence-electron chi connectivity index (χ0n) is 13.3. The second-order valence-electron chi connectivity index (χ2n) is 5.75. The van der Waals surface area contributed by atoms with Crippen LogP contribution in [-0.2, 0) is 6.61 Å². The van der Waals surface area contributed by atoms with Gasteiger partial charge in [-0.3, -0.25) is 0 Å². The molecule has 2 aromatic carbocycles. The number of hydrogen-bond donors (Lipinski definition) is 1. The standard InChI is InChI=1S/C19H19FN2O2/c20-19-10-14(12-21)4-5-15(19)13-23-17-2-1-3-18(11-17)24-16-6-8-22-9-7-16/h1-5,10-11,16,22H,6-9,13H2. The number of hydrogen-bond acceptors (Lipinski definition) is 4. The number of halogens is 1. The van der Waals surface area contributed by atoms with Crippen molar-refractivity contribution in [1.82, 2.24) is 5.32 Å². The molecule has 3 rings (SSSR count). The number of nitriles is 1. The summed E-state index contributed by atoms with van der Waals surface area (Å²) in [6.45, 7) is 2.05. The predicted molar refractivity (Wildman–Crippen MR) is 88.4 cm³/mol. The van der Waals surface area contributed by atoms with Gasteiger partial charge >= 0.3 is 0 Å². The lowest BCUT2D eigenvalue weighted by atomic mass is 10.1. The number of nitrogens with one attached hydrogen (secondary N) is 1. The molecule has 0 unspecified atom stereocenters. The van der Waals surface area contributed by atoms with Crippen molar-refractivity contribution in [2.75, 3.05) is 13.1 Å². The fraction of sp³-hybridized carbons (Fsp3) is 0.316. The SMILES string of the molecule is N#Cc1ccc(COc2cccc(OC3CCNCC3)c2)c(F)c1. The first-order valence-electron chi connectivity index (χ1n) is 8.03. The molecule has 2 aromatic rings. The Kier molecular flexibility index (Phi) is 5.29. The van der Waals surface area contributed by atoms with Gasteiger partial charge in [-0.15, -0.1) is 0 Å². The average molecular weight is 326 g/mol. The first kappa shape index (κ1) is 16.3. The van der Waals surface area contributed by atoms with Crippen molar-refractivity contribution in [2.24, 2.45) is 0 Å². The van der Waals surface area contributed by atoms with E-state index in [2.05, 4.69) is 5.32 Å². The predicted octanol–water partition coefficient (Wildman–Crippen LogP) is 3.41. The third-order valence-electron chi connectivity index (χ3n) is 3.97. The van der Waals surface area contributed by atoms with Crippen molar-refractivity contribution in [2.45, 2.75) is 25.6 Å². The first-order chi connectivity index (χ1) is 11.7. The molecule has 1 saturated heterocycles. The average Bonchev–Trinajstić information content (AvgIpc) is 2.62. The topological polar surface area (TPSA) is 54.3 Å². The van der Waals surface area contributed by atoms with Crippen molar-refractivity contribution >= 4 is 0 Å². The summed E-state index contributed by atoms with van der Waals surface area (Å²) >= 11 is 0. The Morgan fingerprint density at radius 3 is 2.67 bits per heavy atom. The highest BCUT2D eigenvalue weighted by molar-refractivity contribution is 5.35. The minimum atomic E-state index is -0.434. The van der Waals surface area contributed by atoms with Crippen molar-refractivity contribution in [3.05, 3.63) is 59.4 Å². The normalized spacial score (nSPS) is 14.8. The highest BCUT2D eigenvalue weighted by Crippen LogP contribution is 2.23. The summed E-state index contributed by atoms with van der Waals surface area (Å²) < 4.78 is 25.5. The van der Waals surface area contributed by atoms with Gasteiger partial charge in [0, 0.05) is 11.6 Å². The molecule has 124 valence electrons. The van der Waals surface area contributed by atoms with Gasteiger partial charge in [-0.2, -0.15) is 5.26 Å². The summed E-state index contributed by atoms with van der Waals surface area (Å²) in [4.78, 5) is 0. The van der Waals surface area contributed by atoms with E-state index in [9.17, 15) is 4.39 Å². The largest absolute Gasteiger partial charge is 0.490 e. The van der Waals surface area contributed by atoms with Crippen LogP contribution in [0.15, 0.2) is 42.5 Å². The van der Waals surface area contributed by atoms with Crippen LogP contribution in [0.4, 0.5) is 4.39 Å². The van der Waals surface area contributed by atoms with Crippen molar-refractivity contribution < 1.29 is 13.9 Å². The van der Waals surface area contributed by atoms with Gasteiger partial charge in [-0.05, 0) is 50.2 Å². The van der Waals surface area contributed by atoms with E-state index >= 15 is 0 Å². The third kappa shape index (κ3) is 4.24. The molecule has 0 saturated carbocycles. The quantitative estimate of drug-likeness (QED) is 0.915. The summed E-state index contributed by atoms with van der Waals surface area (Å²) in [5.74, 6) is 0.959. The molecule has 1 aliphatic rings. The van der Waals surface area contributed by atoms with Crippen LogP contribution >= 0.6 is 0 Å². The van der Waals surface area contributed by atoms with E-state index in [4.69, 9.17) is 14.7 Å². The van der Waals surface area contributed by atoms with Crippen LogP contribution in [0.25, 0.3) is 0 Å². The second-order valence-corrected chi connectivity index (χ2v) is 5.75.